The Morgan fingerprint density at radius 2 is 1.65 bits per heavy atom. The van der Waals surface area contributed by atoms with E-state index in [0.29, 0.717) is 43.6 Å². The van der Waals surface area contributed by atoms with Crippen LogP contribution in [0.25, 0.3) is 10.8 Å². The predicted octanol–water partition coefficient (Wildman–Crippen LogP) is 6.08. The largest absolute Gasteiger partial charge is 0.435 e. The van der Waals surface area contributed by atoms with Gasteiger partial charge in [0.05, 0.1) is 13.2 Å². The lowest BCUT2D eigenvalue weighted by Gasteiger charge is -2.29. The summed E-state index contributed by atoms with van der Waals surface area (Å²) < 4.78 is 61.0. The van der Waals surface area contributed by atoms with Crippen LogP contribution in [0.15, 0.2) is 54.6 Å². The minimum atomic E-state index is -2.85. The van der Waals surface area contributed by atoms with E-state index < -0.39 is 6.61 Å². The zero-order valence-electron chi connectivity index (χ0n) is 19.1. The van der Waals surface area contributed by atoms with Crippen LogP contribution >= 0.6 is 0 Å². The van der Waals surface area contributed by atoms with Gasteiger partial charge in [-0.15, -0.1) is 0 Å². The van der Waals surface area contributed by atoms with Gasteiger partial charge >= 0.3 is 6.61 Å². The molecule has 1 saturated heterocycles. The van der Waals surface area contributed by atoms with Crippen LogP contribution in [0, 0.1) is 5.82 Å². The molecule has 1 fully saturated rings. The summed E-state index contributed by atoms with van der Waals surface area (Å²) in [5.41, 5.74) is 2.65. The van der Waals surface area contributed by atoms with E-state index in [1.54, 1.807) is 12.1 Å². The molecule has 0 atom stereocenters. The van der Waals surface area contributed by atoms with Gasteiger partial charge in [-0.2, -0.15) is 8.78 Å². The van der Waals surface area contributed by atoms with Crippen LogP contribution in [-0.2, 0) is 33.5 Å². The highest BCUT2D eigenvalue weighted by molar-refractivity contribution is 5.84. The van der Waals surface area contributed by atoms with E-state index >= 15 is 4.39 Å². The lowest BCUT2D eigenvalue weighted by Crippen LogP contribution is -2.37. The van der Waals surface area contributed by atoms with Crippen molar-refractivity contribution in [1.29, 1.82) is 0 Å². The second kappa shape index (κ2) is 11.7. The molecule has 1 aliphatic heterocycles. The summed E-state index contributed by atoms with van der Waals surface area (Å²) in [4.78, 5) is 0. The van der Waals surface area contributed by atoms with Crippen LogP contribution < -0.4 is 4.74 Å². The van der Waals surface area contributed by atoms with Gasteiger partial charge in [-0.25, -0.2) is 4.39 Å². The minimum absolute atomic E-state index is 0.00189. The molecule has 1 aliphatic rings. The van der Waals surface area contributed by atoms with Crippen molar-refractivity contribution in [3.05, 3.63) is 77.1 Å². The van der Waals surface area contributed by atoms with Gasteiger partial charge in [0.15, 0.2) is 6.29 Å². The summed E-state index contributed by atoms with van der Waals surface area (Å²) in [6.45, 7) is 0.826. The van der Waals surface area contributed by atoms with Gasteiger partial charge in [0.25, 0.3) is 0 Å². The Morgan fingerprint density at radius 1 is 0.912 bits per heavy atom. The average Bonchev–Trinajstić information content (AvgIpc) is 2.84. The fourth-order valence-electron chi connectivity index (χ4n) is 4.16. The van der Waals surface area contributed by atoms with Crippen LogP contribution in [0.2, 0.25) is 0 Å². The first-order valence-corrected chi connectivity index (χ1v) is 11.6. The number of alkyl halides is 2. The predicted molar refractivity (Wildman–Crippen MR) is 124 cm³/mol. The van der Waals surface area contributed by atoms with Gasteiger partial charge in [-0.05, 0) is 60.4 Å². The summed E-state index contributed by atoms with van der Waals surface area (Å²) in [6, 6.07) is 16.0. The second-order valence-corrected chi connectivity index (χ2v) is 8.33. The summed E-state index contributed by atoms with van der Waals surface area (Å²) >= 11 is 0. The first kappa shape index (κ1) is 24.5. The molecule has 34 heavy (non-hydrogen) atoms. The smallest absolute Gasteiger partial charge is 0.387 e. The van der Waals surface area contributed by atoms with Gasteiger partial charge in [0, 0.05) is 18.4 Å². The van der Waals surface area contributed by atoms with Crippen molar-refractivity contribution in [2.24, 2.45) is 0 Å². The Balaban J connectivity index is 1.33. The summed E-state index contributed by atoms with van der Waals surface area (Å²) in [7, 11) is 0. The molecule has 1 heterocycles. The maximum Gasteiger partial charge on any atom is 0.387 e. The van der Waals surface area contributed by atoms with Crippen molar-refractivity contribution in [1.82, 2.24) is 0 Å². The Hall–Kier alpha value is -2.61. The lowest BCUT2D eigenvalue weighted by atomic mass is 9.98. The second-order valence-electron chi connectivity index (χ2n) is 8.33. The highest BCUT2D eigenvalue weighted by Gasteiger charge is 2.22. The van der Waals surface area contributed by atoms with Crippen LogP contribution in [0.3, 0.4) is 0 Å². The molecule has 0 spiro atoms. The van der Waals surface area contributed by atoms with E-state index in [-0.39, 0.29) is 24.0 Å². The van der Waals surface area contributed by atoms with E-state index in [9.17, 15) is 8.78 Å². The topological polar surface area (TPSA) is 36.9 Å². The maximum atomic E-state index is 15.1. The molecule has 7 heteroatoms. The monoisotopic (exact) mass is 474 g/mol. The number of hydrogen-bond donors (Lipinski definition) is 0. The number of ether oxygens (including phenoxy) is 4. The van der Waals surface area contributed by atoms with E-state index in [4.69, 9.17) is 14.2 Å². The number of rotatable bonds is 10. The van der Waals surface area contributed by atoms with Gasteiger partial charge in [-0.1, -0.05) is 42.5 Å². The molecule has 0 aromatic heterocycles. The Kier molecular flexibility index (Phi) is 8.43. The first-order valence-electron chi connectivity index (χ1n) is 11.6. The zero-order valence-corrected chi connectivity index (χ0v) is 19.1. The van der Waals surface area contributed by atoms with Gasteiger partial charge in [0.1, 0.15) is 17.7 Å². The number of halogens is 3. The van der Waals surface area contributed by atoms with Crippen molar-refractivity contribution in [2.45, 2.75) is 51.6 Å². The summed E-state index contributed by atoms with van der Waals surface area (Å²) in [5, 5.41) is 1.45. The molecule has 3 aromatic carbocycles. The minimum Gasteiger partial charge on any atom is -0.435 e. The number of benzene rings is 3. The number of aryl methyl sites for hydroxylation is 3. The molecule has 0 amide bonds. The highest BCUT2D eigenvalue weighted by atomic mass is 19.3. The molecule has 0 unspecified atom stereocenters. The lowest BCUT2D eigenvalue weighted by molar-refractivity contribution is -0.227. The molecule has 0 saturated carbocycles. The van der Waals surface area contributed by atoms with Crippen molar-refractivity contribution in [3.63, 3.8) is 0 Å². The molecule has 4 rings (SSSR count). The SMILES string of the molecule is CCOC1COC(CCc2ccc3c(F)c(CCc4ccc(OC(F)F)cc4)ccc3c2)OC1. The molecular weight excluding hydrogens is 445 g/mol. The van der Waals surface area contributed by atoms with Crippen molar-refractivity contribution < 1.29 is 32.1 Å². The third-order valence-electron chi connectivity index (χ3n) is 5.94. The fraction of sp³-hybridized carbons (Fsp3) is 0.407. The van der Waals surface area contributed by atoms with Crippen LogP contribution in [-0.4, -0.2) is 38.8 Å². The van der Waals surface area contributed by atoms with Crippen molar-refractivity contribution in [3.8, 4) is 5.75 Å². The Morgan fingerprint density at radius 3 is 2.35 bits per heavy atom. The molecule has 0 aliphatic carbocycles. The Labute approximate surface area is 197 Å². The summed E-state index contributed by atoms with van der Waals surface area (Å²) in [5.74, 6) is -0.106. The van der Waals surface area contributed by atoms with Crippen molar-refractivity contribution >= 4 is 10.8 Å². The van der Waals surface area contributed by atoms with Gasteiger partial charge in [0.2, 0.25) is 0 Å². The molecule has 4 nitrogen and oxygen atoms in total. The molecule has 182 valence electrons. The quantitative estimate of drug-likeness (QED) is 0.357. The number of fused-ring (bicyclic) bond motifs is 1. The molecule has 3 aromatic rings. The van der Waals surface area contributed by atoms with E-state index in [1.165, 1.54) is 12.1 Å². The molecule has 0 bridgehead atoms. The van der Waals surface area contributed by atoms with Gasteiger partial charge < -0.3 is 18.9 Å². The standard InChI is InChI=1S/C27H29F3O4/c1-2-31-23-16-32-25(33-17-23)14-7-19-6-13-24-21(15-19)10-9-20(26(24)28)8-3-18-4-11-22(12-5-18)34-27(29)30/h4-6,9-13,15,23,25,27H,2-3,7-8,14,16-17H2,1H3. The molecular formula is C27H29F3O4. The van der Waals surface area contributed by atoms with E-state index in [2.05, 4.69) is 4.74 Å². The third-order valence-corrected chi connectivity index (χ3v) is 5.94. The van der Waals surface area contributed by atoms with E-state index in [1.807, 2.05) is 37.3 Å². The number of hydrogen-bond acceptors (Lipinski definition) is 4. The highest BCUT2D eigenvalue weighted by Crippen LogP contribution is 2.25. The van der Waals surface area contributed by atoms with Crippen LogP contribution in [0.5, 0.6) is 5.75 Å². The Bertz CT molecular complexity index is 1060. The van der Waals surface area contributed by atoms with Gasteiger partial charge in [-0.3, -0.25) is 0 Å². The average molecular weight is 475 g/mol. The normalized spacial score (nSPS) is 18.5. The van der Waals surface area contributed by atoms with Crippen LogP contribution in [0.4, 0.5) is 13.2 Å². The first-order chi connectivity index (χ1) is 16.5. The molecule has 0 radical (unpaired) electrons. The maximum absolute atomic E-state index is 15.1. The fourth-order valence-corrected chi connectivity index (χ4v) is 4.16. The summed E-state index contributed by atoms with van der Waals surface area (Å²) in [6.07, 6.45) is 2.36. The van der Waals surface area contributed by atoms with E-state index in [0.717, 1.165) is 29.4 Å². The van der Waals surface area contributed by atoms with Crippen LogP contribution in [0.1, 0.15) is 30.0 Å². The third kappa shape index (κ3) is 6.50. The molecule has 0 N–H and O–H groups in total. The van der Waals surface area contributed by atoms with Crippen molar-refractivity contribution in [2.75, 3.05) is 19.8 Å². The zero-order chi connectivity index (χ0) is 23.9.